The van der Waals surface area contributed by atoms with Crippen molar-refractivity contribution in [1.82, 2.24) is 35.6 Å². The number of rotatable bonds is 30. The first kappa shape index (κ1) is 52.8. The molecule has 2 unspecified atom stereocenters. The number of hydrogen-bond donors (Lipinski definition) is 7. The molecule has 1 aliphatic heterocycles. The Kier molecular flexibility index (Phi) is 22.3. The molecule has 0 bridgehead atoms. The minimum atomic E-state index is -1.20. The van der Waals surface area contributed by atoms with Gasteiger partial charge in [-0.1, -0.05) is 0 Å². The lowest BCUT2D eigenvalue weighted by atomic mass is 10.0. The molecule has 1 saturated heterocycles. The predicted octanol–water partition coefficient (Wildman–Crippen LogP) is -2.50. The number of likely N-dealkylation sites (tertiary alicyclic amines) is 1. The Morgan fingerprint density at radius 3 is 2.27 bits per heavy atom. The smallest absolute Gasteiger partial charge is 0.340 e. The quantitative estimate of drug-likeness (QED) is 0.0140. The molecule has 5 amide bonds. The Hall–Kier alpha value is -5.50. The van der Waals surface area contributed by atoms with Gasteiger partial charge in [-0.05, 0) is 24.6 Å². The molecule has 1 aromatic heterocycles. The lowest BCUT2D eigenvalue weighted by molar-refractivity contribution is -0.142. The second kappa shape index (κ2) is 27.0. The first-order chi connectivity index (χ1) is 30.4. The molecular formula is C40H58N8O15S. The number of ether oxygens (including phenoxy) is 2. The zero-order chi connectivity index (χ0) is 47.3. The molecule has 24 heteroatoms. The largest absolute Gasteiger partial charge is 0.480 e. The van der Waals surface area contributed by atoms with Crippen molar-refractivity contribution in [3.63, 3.8) is 0 Å². The Morgan fingerprint density at radius 2 is 1.61 bits per heavy atom. The summed E-state index contributed by atoms with van der Waals surface area (Å²) in [5.41, 5.74) is 0.117. The first-order valence-corrected chi connectivity index (χ1v) is 21.4. The van der Waals surface area contributed by atoms with Gasteiger partial charge in [0, 0.05) is 109 Å². The van der Waals surface area contributed by atoms with E-state index in [1.165, 1.54) is 44.0 Å². The monoisotopic (exact) mass is 922 g/mol. The Balaban J connectivity index is 1.60. The number of carboxylic acids is 2. The summed E-state index contributed by atoms with van der Waals surface area (Å²) in [6.45, 7) is 1.66. The molecule has 2 atom stereocenters. The Bertz CT molecular complexity index is 2030. The fourth-order valence-corrected chi connectivity index (χ4v) is 7.68. The number of aliphatic carboxylic acids is 2. The van der Waals surface area contributed by atoms with Gasteiger partial charge in [-0.25, -0.2) is 4.79 Å². The molecular weight excluding hydrogens is 865 g/mol. The van der Waals surface area contributed by atoms with E-state index in [9.17, 15) is 53.4 Å². The molecule has 354 valence electrons. The highest BCUT2D eigenvalue weighted by molar-refractivity contribution is 8.00. The number of nitrogens with one attached hydrogen (secondary N) is 4. The molecule has 1 fully saturated rings. The van der Waals surface area contributed by atoms with E-state index in [0.29, 0.717) is 23.2 Å². The first-order valence-electron chi connectivity index (χ1n) is 20.3. The third-order valence-corrected chi connectivity index (χ3v) is 11.2. The molecule has 64 heavy (non-hydrogen) atoms. The molecule has 1 aromatic carbocycles. The van der Waals surface area contributed by atoms with Crippen LogP contribution in [0.2, 0.25) is 0 Å². The number of fused-ring (bicyclic) bond motifs is 1. The number of benzene rings is 1. The van der Waals surface area contributed by atoms with Crippen LogP contribution in [0.4, 0.5) is 5.69 Å². The maximum atomic E-state index is 13.2. The summed E-state index contributed by atoms with van der Waals surface area (Å²) in [6, 6.07) is 4.57. The van der Waals surface area contributed by atoms with Crippen LogP contribution in [-0.4, -0.2) is 206 Å². The summed E-state index contributed by atoms with van der Waals surface area (Å²) < 4.78 is 15.3. The summed E-state index contributed by atoms with van der Waals surface area (Å²) in [6.07, 6.45) is -1.34. The van der Waals surface area contributed by atoms with E-state index in [0.717, 1.165) is 4.90 Å². The summed E-state index contributed by atoms with van der Waals surface area (Å²) in [5.74, 6) is -4.43. The van der Waals surface area contributed by atoms with Crippen molar-refractivity contribution in [3.8, 4) is 0 Å². The SMILES string of the molecule is CNC(=O)CCSC1CC(=O)N(CCNC(=O)Cc2c(C)c3ccc(NC(=O)CN(CCN(CCN(CCNCC(=O)O)CC(=O)OC)CC(O)OC)CC(=O)O)cc3oc2=O)C1=O. The van der Waals surface area contributed by atoms with E-state index >= 15 is 0 Å². The topological polar surface area (TPSA) is 307 Å². The van der Waals surface area contributed by atoms with Crippen LogP contribution in [0.15, 0.2) is 27.4 Å². The van der Waals surface area contributed by atoms with Crippen molar-refractivity contribution in [2.45, 2.75) is 37.7 Å². The standard InChI is InChI=1S/C40H58N8O15S/c1-25-27-6-5-26(17-29(27)63-40(60)28(25)18-32(50)43-9-11-48-34(52)19-30(39(48)59)64-16-7-31(49)41-2)44-33(51)21-47(22-36(55)56)15-14-46(24-38(58)62-4)13-12-45(23-37(57)61-3)10-8-42-20-35(53)54/h5-6,17,30,38,42,58H,7-16,18-24H2,1-4H3,(H,41,49)(H,43,50)(H,44,51)(H,53,54)(H,55,56). The average Bonchev–Trinajstić information content (AvgIpc) is 3.51. The minimum Gasteiger partial charge on any atom is -0.480 e. The van der Waals surface area contributed by atoms with Crippen molar-refractivity contribution >= 4 is 75.9 Å². The number of carbonyl (C=O) groups is 8. The van der Waals surface area contributed by atoms with Gasteiger partial charge in [0.05, 0.1) is 50.5 Å². The van der Waals surface area contributed by atoms with E-state index in [1.807, 2.05) is 0 Å². The van der Waals surface area contributed by atoms with Gasteiger partial charge in [-0.2, -0.15) is 0 Å². The zero-order valence-corrected chi connectivity index (χ0v) is 37.2. The third kappa shape index (κ3) is 17.9. The summed E-state index contributed by atoms with van der Waals surface area (Å²) in [4.78, 5) is 116. The molecule has 23 nitrogen and oxygen atoms in total. The number of methoxy groups -OCH3 is 2. The fourth-order valence-electron chi connectivity index (χ4n) is 6.56. The molecule has 0 saturated carbocycles. The Morgan fingerprint density at radius 1 is 0.906 bits per heavy atom. The minimum absolute atomic E-state index is 0.00115. The molecule has 0 radical (unpaired) electrons. The molecule has 0 aliphatic carbocycles. The predicted molar refractivity (Wildman–Crippen MR) is 231 cm³/mol. The van der Waals surface area contributed by atoms with Gasteiger partial charge in [-0.3, -0.25) is 58.0 Å². The number of carbonyl (C=O) groups excluding carboxylic acids is 6. The lowest BCUT2D eigenvalue weighted by Crippen LogP contribution is -2.47. The van der Waals surface area contributed by atoms with Crippen LogP contribution in [0.5, 0.6) is 0 Å². The second-order valence-electron chi connectivity index (χ2n) is 14.7. The lowest BCUT2D eigenvalue weighted by Gasteiger charge is -2.30. The van der Waals surface area contributed by atoms with Crippen molar-refractivity contribution in [2.75, 3.05) is 117 Å². The number of esters is 1. The van der Waals surface area contributed by atoms with Crippen molar-refractivity contribution in [1.29, 1.82) is 0 Å². The maximum absolute atomic E-state index is 13.2. The van der Waals surface area contributed by atoms with E-state index in [-0.39, 0.29) is 126 Å². The summed E-state index contributed by atoms with van der Waals surface area (Å²) in [7, 11) is 4.06. The van der Waals surface area contributed by atoms with Crippen LogP contribution in [0.1, 0.15) is 24.0 Å². The number of carboxylic acid groups (broad SMARTS) is 2. The number of amides is 5. The van der Waals surface area contributed by atoms with Gasteiger partial charge in [0.15, 0.2) is 6.29 Å². The van der Waals surface area contributed by atoms with E-state index in [1.54, 1.807) is 28.9 Å². The highest BCUT2D eigenvalue weighted by Gasteiger charge is 2.38. The van der Waals surface area contributed by atoms with Gasteiger partial charge in [0.25, 0.3) is 0 Å². The molecule has 0 spiro atoms. The second-order valence-corrected chi connectivity index (χ2v) is 16.0. The fraction of sp³-hybridized carbons (Fsp3) is 0.575. The van der Waals surface area contributed by atoms with Crippen molar-refractivity contribution in [2.24, 2.45) is 0 Å². The molecule has 3 rings (SSSR count). The average molecular weight is 923 g/mol. The van der Waals surface area contributed by atoms with Crippen LogP contribution < -0.4 is 26.9 Å². The van der Waals surface area contributed by atoms with Gasteiger partial charge >= 0.3 is 23.5 Å². The number of thioether (sulfide) groups is 1. The number of nitrogens with zero attached hydrogens (tertiary/aromatic N) is 4. The van der Waals surface area contributed by atoms with E-state index in [2.05, 4.69) is 21.3 Å². The number of anilines is 1. The summed E-state index contributed by atoms with van der Waals surface area (Å²) >= 11 is 1.23. The zero-order valence-electron chi connectivity index (χ0n) is 36.3. The van der Waals surface area contributed by atoms with Gasteiger partial charge in [0.1, 0.15) is 5.58 Å². The number of imide groups is 1. The van der Waals surface area contributed by atoms with Gasteiger partial charge < -0.3 is 50.5 Å². The molecule has 2 heterocycles. The normalized spacial score (nSPS) is 14.4. The molecule has 7 N–H and O–H groups in total. The van der Waals surface area contributed by atoms with Crippen molar-refractivity contribution < 1.29 is 67.6 Å². The van der Waals surface area contributed by atoms with Gasteiger partial charge in [-0.15, -0.1) is 11.8 Å². The van der Waals surface area contributed by atoms with Crippen LogP contribution in [0, 0.1) is 6.92 Å². The van der Waals surface area contributed by atoms with Crippen LogP contribution in [-0.2, 0) is 54.3 Å². The van der Waals surface area contributed by atoms with Crippen LogP contribution in [0.25, 0.3) is 11.0 Å². The number of aryl methyl sites for hydroxylation is 1. The maximum Gasteiger partial charge on any atom is 0.340 e. The number of aliphatic hydroxyl groups is 1. The van der Waals surface area contributed by atoms with Crippen LogP contribution in [0.3, 0.4) is 0 Å². The molecule has 1 aliphatic rings. The highest BCUT2D eigenvalue weighted by Crippen LogP contribution is 2.26. The van der Waals surface area contributed by atoms with Gasteiger partial charge in [0.2, 0.25) is 29.5 Å². The van der Waals surface area contributed by atoms with Crippen molar-refractivity contribution in [3.05, 3.63) is 39.7 Å². The number of aliphatic hydroxyl groups excluding tert-OH is 1. The highest BCUT2D eigenvalue weighted by atomic mass is 32.2. The van der Waals surface area contributed by atoms with E-state index in [4.69, 9.17) is 19.0 Å². The number of hydrogen-bond acceptors (Lipinski definition) is 18. The van der Waals surface area contributed by atoms with E-state index < -0.39 is 53.4 Å². The Labute approximate surface area is 373 Å². The third-order valence-electron chi connectivity index (χ3n) is 10.0. The summed E-state index contributed by atoms with van der Waals surface area (Å²) in [5, 5.41) is 39.2. The molecule has 2 aromatic rings. The van der Waals surface area contributed by atoms with Crippen LogP contribution >= 0.6 is 11.8 Å².